The molecule has 0 spiro atoms. The van der Waals surface area contributed by atoms with Crippen LogP contribution in [0, 0.1) is 0 Å². The SMILES string of the molecule is O=C(O)Nc1ccc(-c2nc(N3CCOCC3)c3cnn(C4CCN(CCCCO)CC4)c3n2)cc1. The molecule has 2 aliphatic rings. The highest BCUT2D eigenvalue weighted by atomic mass is 16.5. The first-order valence-corrected chi connectivity index (χ1v) is 12.6. The Morgan fingerprint density at radius 1 is 1.06 bits per heavy atom. The van der Waals surface area contributed by atoms with E-state index in [0.29, 0.717) is 24.7 Å². The zero-order valence-corrected chi connectivity index (χ0v) is 20.3. The molecule has 0 bridgehead atoms. The van der Waals surface area contributed by atoms with Gasteiger partial charge in [-0.2, -0.15) is 5.10 Å². The number of carboxylic acid groups (broad SMARTS) is 1. The minimum atomic E-state index is -1.10. The number of aliphatic hydroxyl groups is 1. The van der Waals surface area contributed by atoms with Crippen molar-refractivity contribution in [1.29, 1.82) is 0 Å². The van der Waals surface area contributed by atoms with E-state index in [9.17, 15) is 4.79 Å². The fourth-order valence-corrected chi connectivity index (χ4v) is 4.98. The second kappa shape index (κ2) is 11.2. The van der Waals surface area contributed by atoms with Crippen molar-refractivity contribution in [2.45, 2.75) is 31.7 Å². The predicted molar refractivity (Wildman–Crippen MR) is 136 cm³/mol. The van der Waals surface area contributed by atoms with Crippen molar-refractivity contribution in [2.24, 2.45) is 0 Å². The maximum atomic E-state index is 11.0. The fourth-order valence-electron chi connectivity index (χ4n) is 4.98. The summed E-state index contributed by atoms with van der Waals surface area (Å²) in [5.41, 5.74) is 2.14. The van der Waals surface area contributed by atoms with Gasteiger partial charge in [-0.05, 0) is 56.5 Å². The van der Waals surface area contributed by atoms with Crippen molar-refractivity contribution in [3.05, 3.63) is 30.5 Å². The number of rotatable bonds is 8. The van der Waals surface area contributed by atoms with Gasteiger partial charge in [-0.15, -0.1) is 0 Å². The van der Waals surface area contributed by atoms with Crippen LogP contribution in [0.5, 0.6) is 0 Å². The van der Waals surface area contributed by atoms with Gasteiger partial charge in [0.25, 0.3) is 0 Å². The van der Waals surface area contributed by atoms with Crippen molar-refractivity contribution in [3.63, 3.8) is 0 Å². The standard InChI is InChI=1S/C25H33N7O4/c33-14-2-1-9-30-10-7-20(8-11-30)32-24-21(17-26-32)23(31-12-15-36-16-13-31)28-22(29-24)18-3-5-19(6-4-18)27-25(34)35/h3-6,17,20,27,33H,1-2,7-16H2,(H,34,35). The first kappa shape index (κ1) is 24.4. The zero-order chi connectivity index (χ0) is 24.9. The average Bonchev–Trinajstić information content (AvgIpc) is 3.33. The Hall–Kier alpha value is -3.28. The Kier molecular flexibility index (Phi) is 7.59. The third-order valence-electron chi connectivity index (χ3n) is 6.92. The number of hydrogen-bond donors (Lipinski definition) is 3. The van der Waals surface area contributed by atoms with Crippen molar-refractivity contribution in [2.75, 3.05) is 62.8 Å². The molecule has 5 rings (SSSR count). The number of nitrogens with zero attached hydrogens (tertiary/aromatic N) is 6. The maximum Gasteiger partial charge on any atom is 0.409 e. The minimum Gasteiger partial charge on any atom is -0.465 e. The summed E-state index contributed by atoms with van der Waals surface area (Å²) in [6.07, 6.45) is 4.65. The molecule has 3 aromatic rings. The summed E-state index contributed by atoms with van der Waals surface area (Å²) in [4.78, 5) is 25.5. The van der Waals surface area contributed by atoms with E-state index < -0.39 is 6.09 Å². The first-order chi connectivity index (χ1) is 17.6. The quantitative estimate of drug-likeness (QED) is 0.404. The third-order valence-corrected chi connectivity index (χ3v) is 6.92. The van der Waals surface area contributed by atoms with E-state index in [2.05, 4.69) is 19.8 Å². The summed E-state index contributed by atoms with van der Waals surface area (Å²) in [6.45, 7) is 6.09. The molecule has 0 radical (unpaired) electrons. The van der Waals surface area contributed by atoms with Crippen LogP contribution in [0.15, 0.2) is 30.5 Å². The first-order valence-electron chi connectivity index (χ1n) is 12.6. The Morgan fingerprint density at radius 2 is 1.81 bits per heavy atom. The molecule has 0 aliphatic carbocycles. The van der Waals surface area contributed by atoms with E-state index in [1.165, 1.54) is 0 Å². The molecule has 0 saturated carbocycles. The third kappa shape index (κ3) is 5.43. The summed E-state index contributed by atoms with van der Waals surface area (Å²) >= 11 is 0. The number of hydrogen-bond acceptors (Lipinski definition) is 8. The van der Waals surface area contributed by atoms with Crippen LogP contribution in [0.25, 0.3) is 22.4 Å². The normalized spacial score (nSPS) is 17.5. The lowest BCUT2D eigenvalue weighted by atomic mass is 10.0. The summed E-state index contributed by atoms with van der Waals surface area (Å²) in [6, 6.07) is 7.37. The largest absolute Gasteiger partial charge is 0.465 e. The van der Waals surface area contributed by atoms with Gasteiger partial charge in [-0.25, -0.2) is 19.4 Å². The molecule has 0 atom stereocenters. The number of anilines is 2. The van der Waals surface area contributed by atoms with Crippen molar-refractivity contribution in [3.8, 4) is 11.4 Å². The van der Waals surface area contributed by atoms with Crippen molar-refractivity contribution < 1.29 is 19.7 Å². The number of ether oxygens (including phenoxy) is 1. The van der Waals surface area contributed by atoms with Gasteiger partial charge in [-0.3, -0.25) is 5.32 Å². The van der Waals surface area contributed by atoms with Gasteiger partial charge >= 0.3 is 6.09 Å². The lowest BCUT2D eigenvalue weighted by molar-refractivity contribution is 0.122. The molecular formula is C25H33N7O4. The molecule has 3 N–H and O–H groups in total. The Bertz CT molecular complexity index is 1170. The molecule has 192 valence electrons. The van der Waals surface area contributed by atoms with Crippen LogP contribution in [0.4, 0.5) is 16.3 Å². The van der Waals surface area contributed by atoms with Gasteiger partial charge in [0.05, 0.1) is 30.8 Å². The molecule has 1 aromatic carbocycles. The van der Waals surface area contributed by atoms with E-state index in [1.54, 1.807) is 12.1 Å². The molecule has 2 fully saturated rings. The average molecular weight is 496 g/mol. The van der Waals surface area contributed by atoms with Crippen LogP contribution in [0.3, 0.4) is 0 Å². The zero-order valence-electron chi connectivity index (χ0n) is 20.3. The molecule has 2 aliphatic heterocycles. The number of nitrogens with one attached hydrogen (secondary N) is 1. The van der Waals surface area contributed by atoms with E-state index in [1.807, 2.05) is 18.3 Å². The van der Waals surface area contributed by atoms with Crippen LogP contribution >= 0.6 is 0 Å². The van der Waals surface area contributed by atoms with Gasteiger partial charge in [-0.1, -0.05) is 0 Å². The van der Waals surface area contributed by atoms with Gasteiger partial charge in [0.15, 0.2) is 11.5 Å². The van der Waals surface area contributed by atoms with E-state index in [4.69, 9.17) is 30.0 Å². The molecular weight excluding hydrogens is 462 g/mol. The lowest BCUT2D eigenvalue weighted by Crippen LogP contribution is -2.37. The molecule has 0 unspecified atom stereocenters. The number of benzene rings is 1. The van der Waals surface area contributed by atoms with Crippen LogP contribution in [0.2, 0.25) is 0 Å². The number of morpholine rings is 1. The summed E-state index contributed by atoms with van der Waals surface area (Å²) < 4.78 is 7.62. The smallest absolute Gasteiger partial charge is 0.409 e. The molecule has 1 amide bonds. The number of likely N-dealkylation sites (tertiary alicyclic amines) is 1. The highest BCUT2D eigenvalue weighted by Gasteiger charge is 2.26. The molecule has 36 heavy (non-hydrogen) atoms. The molecule has 2 saturated heterocycles. The van der Waals surface area contributed by atoms with Gasteiger partial charge in [0, 0.05) is 44.0 Å². The van der Waals surface area contributed by atoms with Gasteiger partial charge < -0.3 is 24.7 Å². The number of unbranched alkanes of at least 4 members (excludes halogenated alkanes) is 1. The Labute approximate surface area is 209 Å². The topological polar surface area (TPSA) is 129 Å². The highest BCUT2D eigenvalue weighted by Crippen LogP contribution is 2.32. The molecule has 11 heteroatoms. The number of piperidine rings is 1. The van der Waals surface area contributed by atoms with Gasteiger partial charge in [0.1, 0.15) is 5.82 Å². The lowest BCUT2D eigenvalue weighted by Gasteiger charge is -2.32. The second-order valence-corrected chi connectivity index (χ2v) is 9.31. The van der Waals surface area contributed by atoms with E-state index in [-0.39, 0.29) is 12.6 Å². The molecule has 4 heterocycles. The number of aromatic nitrogens is 4. The second-order valence-electron chi connectivity index (χ2n) is 9.31. The highest BCUT2D eigenvalue weighted by molar-refractivity contribution is 5.89. The molecule has 2 aromatic heterocycles. The maximum absolute atomic E-state index is 11.0. The summed E-state index contributed by atoms with van der Waals surface area (Å²) in [5.74, 6) is 1.45. The fraction of sp³-hybridized carbons (Fsp3) is 0.520. The van der Waals surface area contributed by atoms with Crippen LogP contribution < -0.4 is 10.2 Å². The van der Waals surface area contributed by atoms with E-state index in [0.717, 1.165) is 80.8 Å². The summed E-state index contributed by atoms with van der Waals surface area (Å²) in [5, 5.41) is 26.1. The molecule has 11 nitrogen and oxygen atoms in total. The number of fused-ring (bicyclic) bond motifs is 1. The van der Waals surface area contributed by atoms with Crippen LogP contribution in [-0.4, -0.2) is 93.5 Å². The van der Waals surface area contributed by atoms with Crippen LogP contribution in [0.1, 0.15) is 31.7 Å². The predicted octanol–water partition coefficient (Wildman–Crippen LogP) is 2.83. The van der Waals surface area contributed by atoms with Crippen molar-refractivity contribution in [1.82, 2.24) is 24.6 Å². The summed E-state index contributed by atoms with van der Waals surface area (Å²) in [7, 11) is 0. The monoisotopic (exact) mass is 495 g/mol. The minimum absolute atomic E-state index is 0.252. The Morgan fingerprint density at radius 3 is 2.50 bits per heavy atom. The van der Waals surface area contributed by atoms with Crippen molar-refractivity contribution >= 4 is 28.6 Å². The number of aliphatic hydroxyl groups excluding tert-OH is 1. The Balaban J connectivity index is 1.45. The number of carbonyl (C=O) groups is 1. The van der Waals surface area contributed by atoms with Gasteiger partial charge in [0.2, 0.25) is 0 Å². The number of amides is 1. The van der Waals surface area contributed by atoms with Crippen LogP contribution in [-0.2, 0) is 4.74 Å². The van der Waals surface area contributed by atoms with E-state index >= 15 is 0 Å².